The number of hydrogen-bond acceptors (Lipinski definition) is 15. The fourth-order valence-electron chi connectivity index (χ4n) is 6.07. The summed E-state index contributed by atoms with van der Waals surface area (Å²) in [5.74, 6) is -1.98. The van der Waals surface area contributed by atoms with Gasteiger partial charge < -0.3 is 72.9 Å². The van der Waals surface area contributed by atoms with Gasteiger partial charge in [0.2, 0.25) is 11.8 Å². The van der Waals surface area contributed by atoms with Gasteiger partial charge in [-0.2, -0.15) is 0 Å². The van der Waals surface area contributed by atoms with E-state index in [0.717, 1.165) is 23.3 Å². The van der Waals surface area contributed by atoms with E-state index in [4.69, 9.17) is 31.4 Å². The molecule has 0 spiro atoms. The molecule has 306 valence electrons. The number of carboxylic acid groups (broad SMARTS) is 1. The molecule has 2 fully saturated rings. The smallest absolute Gasteiger partial charge is 0.330 e. The Balaban J connectivity index is 1.72. The zero-order chi connectivity index (χ0) is 40.1. The molecule has 3 heterocycles. The van der Waals surface area contributed by atoms with Crippen LogP contribution in [0.2, 0.25) is 0 Å². The van der Waals surface area contributed by atoms with Crippen LogP contribution in [0.25, 0.3) is 0 Å². The monoisotopic (exact) mass is 773 g/mol. The zero-order valence-electron chi connectivity index (χ0n) is 30.3. The second-order valence-electron chi connectivity index (χ2n) is 13.6. The fourth-order valence-corrected chi connectivity index (χ4v) is 6.07. The molecule has 22 heteroatoms. The Morgan fingerprint density at radius 2 is 1.72 bits per heavy atom. The summed E-state index contributed by atoms with van der Waals surface area (Å²) in [5.41, 5.74) is 14.6. The highest BCUT2D eigenvalue weighted by molar-refractivity contribution is 5.87. The molecule has 1 aromatic heterocycles. The number of H-pyrrole nitrogens is 1. The number of nitrogens with two attached hydrogens (primary N) is 3. The van der Waals surface area contributed by atoms with Gasteiger partial charge in [-0.3, -0.25) is 33.7 Å². The zero-order valence-corrected chi connectivity index (χ0v) is 30.3. The second-order valence-corrected chi connectivity index (χ2v) is 13.6. The predicted octanol–water partition coefficient (Wildman–Crippen LogP) is -5.14. The van der Waals surface area contributed by atoms with Crippen molar-refractivity contribution in [2.45, 2.75) is 120 Å². The van der Waals surface area contributed by atoms with Crippen molar-refractivity contribution >= 4 is 23.7 Å². The maximum absolute atomic E-state index is 13.1. The Morgan fingerprint density at radius 1 is 1.00 bits per heavy atom. The Labute approximate surface area is 310 Å². The molecule has 2 aliphatic rings. The van der Waals surface area contributed by atoms with E-state index < -0.39 is 90.5 Å². The molecule has 1 aromatic rings. The molecular formula is C32H55N9O13. The number of carboxylic acids is 1. The molecule has 0 bridgehead atoms. The van der Waals surface area contributed by atoms with Gasteiger partial charge >= 0.3 is 11.7 Å². The number of aliphatic hydroxyl groups is 4. The summed E-state index contributed by atoms with van der Waals surface area (Å²) in [5, 5.41) is 61.4. The molecule has 0 radical (unpaired) electrons. The van der Waals surface area contributed by atoms with Gasteiger partial charge in [0.25, 0.3) is 5.56 Å². The molecule has 2 amide bonds. The van der Waals surface area contributed by atoms with Crippen molar-refractivity contribution in [3.8, 4) is 0 Å². The summed E-state index contributed by atoms with van der Waals surface area (Å²) in [7, 11) is 0. The molecule has 54 heavy (non-hydrogen) atoms. The second kappa shape index (κ2) is 21.2. The van der Waals surface area contributed by atoms with Crippen molar-refractivity contribution in [1.82, 2.24) is 25.5 Å². The van der Waals surface area contributed by atoms with Crippen LogP contribution in [0.5, 0.6) is 0 Å². The van der Waals surface area contributed by atoms with Gasteiger partial charge in [-0.1, -0.05) is 20.3 Å². The number of hydrogen-bond donors (Lipinski definition) is 12. The first-order valence-electron chi connectivity index (χ1n) is 17.8. The molecule has 2 saturated heterocycles. The minimum absolute atomic E-state index is 0.0323. The largest absolute Gasteiger partial charge is 0.480 e. The van der Waals surface area contributed by atoms with Gasteiger partial charge in [0, 0.05) is 38.3 Å². The summed E-state index contributed by atoms with van der Waals surface area (Å²) in [6.07, 6.45) is -11.2. The Hall–Kier alpha value is -4.00. The van der Waals surface area contributed by atoms with Crippen LogP contribution in [0.4, 0.5) is 0 Å². The molecule has 0 saturated carbocycles. The molecule has 22 nitrogen and oxygen atoms in total. The number of nitrogens with one attached hydrogen (secondary N) is 4. The minimum atomic E-state index is -1.87. The number of carbonyl (C=O) groups is 3. The number of amides is 2. The van der Waals surface area contributed by atoms with Crippen LogP contribution in [0.3, 0.4) is 0 Å². The molecular weight excluding hydrogens is 718 g/mol. The third-order valence-corrected chi connectivity index (χ3v) is 8.96. The number of aliphatic hydroxyl groups excluding tert-OH is 4. The van der Waals surface area contributed by atoms with Crippen LogP contribution >= 0.6 is 0 Å². The predicted molar refractivity (Wildman–Crippen MR) is 189 cm³/mol. The number of nitrogens with zero attached hydrogens (tertiary/aromatic N) is 2. The van der Waals surface area contributed by atoms with E-state index in [2.05, 4.69) is 20.9 Å². The summed E-state index contributed by atoms with van der Waals surface area (Å²) in [6, 6.07) is -1.65. The van der Waals surface area contributed by atoms with Gasteiger partial charge in [0.1, 0.15) is 54.8 Å². The first-order chi connectivity index (χ1) is 25.5. The molecule has 3 rings (SSSR count). The number of aliphatic carboxylic acids is 1. The Kier molecular flexibility index (Phi) is 17.4. The Morgan fingerprint density at radius 3 is 2.33 bits per heavy atom. The van der Waals surface area contributed by atoms with Crippen LogP contribution in [-0.2, 0) is 28.6 Å². The molecule has 0 unspecified atom stereocenters. The normalized spacial score (nSPS) is 27.0. The van der Waals surface area contributed by atoms with E-state index in [1.54, 1.807) is 0 Å². The van der Waals surface area contributed by atoms with E-state index in [1.165, 1.54) is 0 Å². The number of aliphatic imine (C=N–C) groups is 1. The van der Waals surface area contributed by atoms with Crippen LogP contribution in [-0.4, -0.2) is 146 Å². The fraction of sp³-hybridized carbons (Fsp3) is 0.750. The molecule has 15 N–H and O–H groups in total. The van der Waals surface area contributed by atoms with Gasteiger partial charge in [-0.25, -0.2) is 4.79 Å². The van der Waals surface area contributed by atoms with Crippen molar-refractivity contribution in [2.24, 2.45) is 28.1 Å². The quantitative estimate of drug-likeness (QED) is 0.0298. The van der Waals surface area contributed by atoms with Crippen molar-refractivity contribution in [3.63, 3.8) is 0 Å². The maximum atomic E-state index is 13.1. The van der Waals surface area contributed by atoms with E-state index >= 15 is 0 Å². The van der Waals surface area contributed by atoms with Crippen LogP contribution < -0.4 is 44.4 Å². The number of guanidine groups is 1. The minimum Gasteiger partial charge on any atom is -0.480 e. The van der Waals surface area contributed by atoms with Crippen molar-refractivity contribution in [3.05, 3.63) is 33.1 Å². The van der Waals surface area contributed by atoms with E-state index in [0.29, 0.717) is 18.8 Å². The standard InChI is InChI=1S/C32H55N9O13/c1-15(2)6-3-8-18(42)39-16(7-4-10-38-31(34)35)27(48)37-12-5-11-36-20(29(49)50)25(54-30-24(47)21(44)17(14-33)52-30)26-22(45)23(46)28(53-26)41-13-9-19(43)40-32(41)51/h9,13,15-17,20-26,28,30,36,44-47H,3-8,10-12,14,33H2,1-2H3,(H,37,48)(H,39,42)(H,49,50)(H4,34,35,38)(H,40,43,51)/t16-,17+,20-,21+,22-,23+,24+,25-,26-,28+,30-/m0/s1. The summed E-state index contributed by atoms with van der Waals surface area (Å²) in [6.45, 7) is 4.05. The van der Waals surface area contributed by atoms with Gasteiger partial charge in [-0.05, 0) is 38.1 Å². The lowest BCUT2D eigenvalue weighted by atomic mass is 9.98. The molecule has 0 aromatic carbocycles. The maximum Gasteiger partial charge on any atom is 0.330 e. The molecule has 0 aliphatic carbocycles. The highest BCUT2D eigenvalue weighted by Crippen LogP contribution is 2.34. The average Bonchev–Trinajstić information content (AvgIpc) is 3.55. The van der Waals surface area contributed by atoms with Crippen molar-refractivity contribution in [1.29, 1.82) is 0 Å². The number of aromatic amines is 1. The summed E-state index contributed by atoms with van der Waals surface area (Å²) in [4.78, 5) is 68.3. The van der Waals surface area contributed by atoms with Gasteiger partial charge in [0.05, 0.1) is 0 Å². The lowest BCUT2D eigenvalue weighted by Gasteiger charge is -2.33. The SMILES string of the molecule is CC(C)CCCC(=O)N[C@@H](CCCN=C(N)N)C(=O)NCCCN[C@H](C(=O)O)[C@H](O[C@@H]1O[C@H](CN)[C@@H](O)[C@H]1O)[C@H]1O[C@@H](n2ccc(=O)[nH]c2=O)[C@H](O)[C@@H]1O. The van der Waals surface area contributed by atoms with E-state index in [9.17, 15) is 49.5 Å². The van der Waals surface area contributed by atoms with E-state index in [-0.39, 0.29) is 57.3 Å². The highest BCUT2D eigenvalue weighted by Gasteiger charge is 2.54. The number of rotatable bonds is 22. The first kappa shape index (κ1) is 44.4. The van der Waals surface area contributed by atoms with Gasteiger partial charge in [0.15, 0.2) is 18.5 Å². The van der Waals surface area contributed by atoms with Crippen molar-refractivity contribution < 1.29 is 54.1 Å². The Bertz CT molecular complexity index is 1520. The number of carbonyl (C=O) groups excluding carboxylic acids is 2. The lowest BCUT2D eigenvalue weighted by molar-refractivity contribution is -0.228. The van der Waals surface area contributed by atoms with Crippen LogP contribution in [0.1, 0.15) is 58.6 Å². The van der Waals surface area contributed by atoms with Crippen LogP contribution in [0.15, 0.2) is 26.8 Å². The van der Waals surface area contributed by atoms with Crippen LogP contribution in [0, 0.1) is 5.92 Å². The topological polar surface area (TPSA) is 361 Å². The molecule has 2 aliphatic heterocycles. The van der Waals surface area contributed by atoms with Crippen molar-refractivity contribution in [2.75, 3.05) is 26.2 Å². The number of aromatic nitrogens is 2. The average molecular weight is 774 g/mol. The third-order valence-electron chi connectivity index (χ3n) is 8.96. The highest BCUT2D eigenvalue weighted by atomic mass is 16.7. The molecule has 11 atom stereocenters. The lowest BCUT2D eigenvalue weighted by Crippen LogP contribution is -2.57. The third kappa shape index (κ3) is 12.5. The summed E-state index contributed by atoms with van der Waals surface area (Å²) >= 11 is 0. The van der Waals surface area contributed by atoms with Gasteiger partial charge in [-0.15, -0.1) is 0 Å². The number of ether oxygens (including phenoxy) is 3. The first-order valence-corrected chi connectivity index (χ1v) is 17.8. The summed E-state index contributed by atoms with van der Waals surface area (Å²) < 4.78 is 17.9. The van der Waals surface area contributed by atoms with E-state index in [1.807, 2.05) is 18.8 Å².